The Morgan fingerprint density at radius 2 is 1.63 bits per heavy atom. The zero-order valence-corrected chi connectivity index (χ0v) is 17.6. The van der Waals surface area contributed by atoms with E-state index in [2.05, 4.69) is 0 Å². The van der Waals surface area contributed by atoms with Gasteiger partial charge in [-0.3, -0.25) is 9.59 Å². The molecule has 1 aliphatic heterocycles. The summed E-state index contributed by atoms with van der Waals surface area (Å²) in [5, 5.41) is 1.93. The van der Waals surface area contributed by atoms with Gasteiger partial charge in [0.15, 0.2) is 0 Å². The van der Waals surface area contributed by atoms with E-state index in [-0.39, 0.29) is 11.6 Å². The molecule has 0 saturated heterocycles. The average Bonchev–Trinajstić information content (AvgIpc) is 2.60. The summed E-state index contributed by atoms with van der Waals surface area (Å²) in [6.07, 6.45) is -4.42. The van der Waals surface area contributed by atoms with E-state index < -0.39 is 23.0 Å². The van der Waals surface area contributed by atoms with Gasteiger partial charge in [-0.25, -0.2) is 0 Å². The Morgan fingerprint density at radius 1 is 1.03 bits per heavy atom. The van der Waals surface area contributed by atoms with Crippen molar-refractivity contribution in [2.45, 2.75) is 58.2 Å². The molecule has 2 aromatic rings. The molecule has 0 fully saturated rings. The minimum atomic E-state index is -4.98. The number of benzene rings is 2. The number of halogens is 3. The first-order valence-corrected chi connectivity index (χ1v) is 9.66. The maximum atomic E-state index is 12.7. The van der Waals surface area contributed by atoms with E-state index in [1.54, 1.807) is 17.0 Å². The van der Waals surface area contributed by atoms with Crippen LogP contribution < -0.4 is 10.2 Å². The van der Waals surface area contributed by atoms with Gasteiger partial charge in [-0.15, -0.1) is 0 Å². The summed E-state index contributed by atoms with van der Waals surface area (Å²) in [5.74, 6) is -2.18. The molecule has 4 nitrogen and oxygen atoms in total. The molecular formula is C23H25F3N2O2. The number of rotatable bonds is 2. The predicted molar refractivity (Wildman–Crippen MR) is 111 cm³/mol. The number of nitrogens with zero attached hydrogens (tertiary/aromatic N) is 1. The largest absolute Gasteiger partial charge is 0.471 e. The Kier molecular flexibility index (Phi) is 5.21. The van der Waals surface area contributed by atoms with Gasteiger partial charge in [-0.2, -0.15) is 13.2 Å². The molecule has 1 atom stereocenters. The minimum absolute atomic E-state index is 0.0395. The molecular weight excluding hydrogens is 393 g/mol. The van der Waals surface area contributed by atoms with Crippen LogP contribution in [0.15, 0.2) is 42.5 Å². The van der Waals surface area contributed by atoms with Gasteiger partial charge < -0.3 is 10.2 Å². The van der Waals surface area contributed by atoms with Crippen LogP contribution in [-0.4, -0.2) is 23.5 Å². The summed E-state index contributed by atoms with van der Waals surface area (Å²) in [6, 6.07) is 12.5. The summed E-state index contributed by atoms with van der Waals surface area (Å²) < 4.78 is 38.2. The summed E-state index contributed by atoms with van der Waals surface area (Å²) in [7, 11) is 0. The first kappa shape index (κ1) is 21.9. The Morgan fingerprint density at radius 3 is 2.17 bits per heavy atom. The Labute approximate surface area is 174 Å². The molecule has 0 radical (unpaired) electrons. The zero-order chi connectivity index (χ0) is 22.5. The lowest BCUT2D eigenvalue weighted by Gasteiger charge is -2.51. The van der Waals surface area contributed by atoms with E-state index in [1.807, 2.05) is 57.3 Å². The van der Waals surface area contributed by atoms with Gasteiger partial charge in [-0.05, 0) is 56.5 Å². The van der Waals surface area contributed by atoms with Crippen LogP contribution in [0.5, 0.6) is 0 Å². The second kappa shape index (κ2) is 7.15. The SMILES string of the molecule is CC(=O)N1c2ccc(NC(=O)C(F)(F)F)cc2C(C)(c2ccc(C)cc2)CC1(C)C. The highest BCUT2D eigenvalue weighted by Gasteiger charge is 2.47. The van der Waals surface area contributed by atoms with E-state index in [4.69, 9.17) is 0 Å². The average molecular weight is 418 g/mol. The van der Waals surface area contributed by atoms with E-state index in [9.17, 15) is 22.8 Å². The quantitative estimate of drug-likeness (QED) is 0.716. The monoisotopic (exact) mass is 418 g/mol. The number of hydrogen-bond donors (Lipinski definition) is 1. The van der Waals surface area contributed by atoms with Gasteiger partial charge in [0.2, 0.25) is 5.91 Å². The van der Waals surface area contributed by atoms with Crippen LogP contribution >= 0.6 is 0 Å². The third-order valence-corrected chi connectivity index (χ3v) is 5.74. The molecule has 0 aliphatic carbocycles. The van der Waals surface area contributed by atoms with Crippen LogP contribution in [-0.2, 0) is 15.0 Å². The number of aryl methyl sites for hydroxylation is 1. The Hall–Kier alpha value is -2.83. The molecule has 2 aromatic carbocycles. The normalized spacial score (nSPS) is 20.5. The van der Waals surface area contributed by atoms with Gasteiger partial charge in [0, 0.05) is 29.3 Å². The molecule has 1 aliphatic rings. The molecule has 30 heavy (non-hydrogen) atoms. The van der Waals surface area contributed by atoms with Crippen LogP contribution in [0.4, 0.5) is 24.5 Å². The van der Waals surface area contributed by atoms with Crippen molar-refractivity contribution >= 4 is 23.2 Å². The van der Waals surface area contributed by atoms with Crippen molar-refractivity contribution in [2.75, 3.05) is 10.2 Å². The topological polar surface area (TPSA) is 49.4 Å². The second-order valence-electron chi connectivity index (χ2n) is 8.73. The molecule has 0 saturated carbocycles. The van der Waals surface area contributed by atoms with Gasteiger partial charge >= 0.3 is 12.1 Å². The number of anilines is 2. The van der Waals surface area contributed by atoms with Gasteiger partial charge in [0.05, 0.1) is 0 Å². The molecule has 1 heterocycles. The van der Waals surface area contributed by atoms with E-state index in [0.29, 0.717) is 17.7 Å². The predicted octanol–water partition coefficient (Wildman–Crippen LogP) is 5.34. The minimum Gasteiger partial charge on any atom is -0.318 e. The van der Waals surface area contributed by atoms with E-state index in [0.717, 1.165) is 11.1 Å². The lowest BCUT2D eigenvalue weighted by Crippen LogP contribution is -2.55. The van der Waals surface area contributed by atoms with Crippen LogP contribution in [0, 0.1) is 6.92 Å². The van der Waals surface area contributed by atoms with Crippen molar-refractivity contribution in [1.29, 1.82) is 0 Å². The van der Waals surface area contributed by atoms with Gasteiger partial charge in [-0.1, -0.05) is 36.8 Å². The van der Waals surface area contributed by atoms with Crippen LogP contribution in [0.25, 0.3) is 0 Å². The third kappa shape index (κ3) is 3.80. The van der Waals surface area contributed by atoms with Crippen molar-refractivity contribution in [3.8, 4) is 0 Å². The fourth-order valence-corrected chi connectivity index (χ4v) is 4.59. The molecule has 1 N–H and O–H groups in total. The molecule has 2 amide bonds. The number of carbonyl (C=O) groups is 2. The number of nitrogens with one attached hydrogen (secondary N) is 1. The summed E-state index contributed by atoms with van der Waals surface area (Å²) in [6.45, 7) is 9.42. The van der Waals surface area contributed by atoms with Crippen molar-refractivity contribution in [3.63, 3.8) is 0 Å². The highest BCUT2D eigenvalue weighted by Crippen LogP contribution is 2.51. The van der Waals surface area contributed by atoms with Gasteiger partial charge in [0.1, 0.15) is 0 Å². The highest BCUT2D eigenvalue weighted by atomic mass is 19.4. The van der Waals surface area contributed by atoms with Crippen LogP contribution in [0.1, 0.15) is 50.8 Å². The van der Waals surface area contributed by atoms with E-state index >= 15 is 0 Å². The molecule has 160 valence electrons. The van der Waals surface area contributed by atoms with Crippen molar-refractivity contribution in [2.24, 2.45) is 0 Å². The Bertz CT molecular complexity index is 996. The smallest absolute Gasteiger partial charge is 0.318 e. The lowest BCUT2D eigenvalue weighted by atomic mass is 9.65. The maximum Gasteiger partial charge on any atom is 0.471 e. The third-order valence-electron chi connectivity index (χ3n) is 5.74. The van der Waals surface area contributed by atoms with Crippen molar-refractivity contribution < 1.29 is 22.8 Å². The lowest BCUT2D eigenvalue weighted by molar-refractivity contribution is -0.167. The summed E-state index contributed by atoms with van der Waals surface area (Å²) in [4.78, 5) is 25.6. The molecule has 0 aromatic heterocycles. The van der Waals surface area contributed by atoms with Crippen molar-refractivity contribution in [1.82, 2.24) is 0 Å². The molecule has 3 rings (SSSR count). The molecule has 1 unspecified atom stereocenters. The fourth-order valence-electron chi connectivity index (χ4n) is 4.59. The number of carbonyl (C=O) groups excluding carboxylic acids is 2. The maximum absolute atomic E-state index is 12.7. The number of fused-ring (bicyclic) bond motifs is 1. The summed E-state index contributed by atoms with van der Waals surface area (Å²) in [5.41, 5.74) is 2.36. The number of amides is 2. The standard InChI is InChI=1S/C23H25F3N2O2/c1-14-6-8-16(9-7-14)22(5)13-21(3,4)28(15(2)29)19-11-10-17(12-18(19)22)27-20(30)23(24,25)26/h6-12H,13H2,1-5H3,(H,27,30). The van der Waals surface area contributed by atoms with Gasteiger partial charge in [0.25, 0.3) is 0 Å². The zero-order valence-electron chi connectivity index (χ0n) is 17.6. The van der Waals surface area contributed by atoms with Crippen molar-refractivity contribution in [3.05, 3.63) is 59.2 Å². The number of hydrogen-bond acceptors (Lipinski definition) is 2. The van der Waals surface area contributed by atoms with Crippen LogP contribution in [0.2, 0.25) is 0 Å². The fraction of sp³-hybridized carbons (Fsp3) is 0.391. The summed E-state index contributed by atoms with van der Waals surface area (Å²) >= 11 is 0. The molecule has 0 bridgehead atoms. The highest BCUT2D eigenvalue weighted by molar-refractivity contribution is 5.98. The molecule has 0 spiro atoms. The first-order chi connectivity index (χ1) is 13.8. The first-order valence-electron chi connectivity index (χ1n) is 9.66. The van der Waals surface area contributed by atoms with Crippen LogP contribution in [0.3, 0.4) is 0 Å². The Balaban J connectivity index is 2.20. The second-order valence-corrected chi connectivity index (χ2v) is 8.73. The van der Waals surface area contributed by atoms with E-state index in [1.165, 1.54) is 13.0 Å². The molecule has 7 heteroatoms. The number of alkyl halides is 3.